The molecule has 0 amide bonds. The van der Waals surface area contributed by atoms with Gasteiger partial charge in [-0.15, -0.1) is 0 Å². The van der Waals surface area contributed by atoms with Crippen LogP contribution in [0.5, 0.6) is 0 Å². The summed E-state index contributed by atoms with van der Waals surface area (Å²) in [5, 5.41) is 27.2. The topological polar surface area (TPSA) is 119 Å². The zero-order valence-electron chi connectivity index (χ0n) is 21.3. The first-order valence-electron chi connectivity index (χ1n) is 12.7. The molecule has 0 bridgehead atoms. The van der Waals surface area contributed by atoms with E-state index in [4.69, 9.17) is 0 Å². The number of nitrogens with one attached hydrogen (secondary N) is 1. The van der Waals surface area contributed by atoms with Gasteiger partial charge in [0.2, 0.25) is 10.0 Å². The summed E-state index contributed by atoms with van der Waals surface area (Å²) in [6.07, 6.45) is 1.24. The molecule has 1 saturated carbocycles. The molecule has 2 aromatic carbocycles. The fourth-order valence-electron chi connectivity index (χ4n) is 6.23. The lowest BCUT2D eigenvalue weighted by Gasteiger charge is -2.54. The molecule has 38 heavy (non-hydrogen) atoms. The maximum atomic E-state index is 15.7. The molecule has 3 aromatic rings. The Morgan fingerprint density at radius 3 is 2.50 bits per heavy atom. The van der Waals surface area contributed by atoms with Crippen molar-refractivity contribution in [1.82, 2.24) is 19.5 Å². The van der Waals surface area contributed by atoms with Crippen LogP contribution in [0.3, 0.4) is 0 Å². The van der Waals surface area contributed by atoms with Crippen LogP contribution in [-0.4, -0.2) is 55.9 Å². The number of aromatic amines is 1. The number of hydrogen-bond donors (Lipinski definition) is 3. The van der Waals surface area contributed by atoms with Gasteiger partial charge in [-0.2, -0.15) is 9.40 Å². The van der Waals surface area contributed by atoms with Gasteiger partial charge in [0.15, 0.2) is 0 Å². The van der Waals surface area contributed by atoms with Crippen LogP contribution in [0.4, 0.5) is 8.78 Å². The highest BCUT2D eigenvalue weighted by molar-refractivity contribution is 7.89. The molecule has 2 fully saturated rings. The Balaban J connectivity index is 1.45. The summed E-state index contributed by atoms with van der Waals surface area (Å²) >= 11 is 0. The van der Waals surface area contributed by atoms with E-state index in [2.05, 4.69) is 15.2 Å². The molecule has 1 saturated heterocycles. The molecule has 0 unspecified atom stereocenters. The van der Waals surface area contributed by atoms with E-state index in [1.165, 1.54) is 10.6 Å². The SMILES string of the molecule is C[C@H]1CC[C@H](c2ccccc2)S(=O)(=O)N1Cc1cc(F)c(C2([C@H](O)Cc3ncn[nH]3)CC(C)(O)C2)cc1F. The van der Waals surface area contributed by atoms with Crippen LogP contribution in [-0.2, 0) is 28.4 Å². The largest absolute Gasteiger partial charge is 0.392 e. The number of aromatic nitrogens is 3. The number of rotatable bonds is 7. The van der Waals surface area contributed by atoms with Crippen molar-refractivity contribution < 1.29 is 27.4 Å². The first-order valence-corrected chi connectivity index (χ1v) is 14.2. The Bertz CT molecular complexity index is 1390. The fourth-order valence-corrected chi connectivity index (χ4v) is 8.42. The van der Waals surface area contributed by atoms with Crippen molar-refractivity contribution in [1.29, 1.82) is 0 Å². The number of sulfonamides is 1. The number of aliphatic hydroxyl groups excluding tert-OH is 1. The first-order chi connectivity index (χ1) is 17.9. The van der Waals surface area contributed by atoms with Crippen molar-refractivity contribution >= 4 is 10.0 Å². The lowest BCUT2D eigenvalue weighted by molar-refractivity contribution is -0.122. The summed E-state index contributed by atoms with van der Waals surface area (Å²) in [7, 11) is -3.83. The highest BCUT2D eigenvalue weighted by Gasteiger charge is 2.57. The summed E-state index contributed by atoms with van der Waals surface area (Å²) in [5.41, 5.74) is -1.84. The third-order valence-corrected chi connectivity index (χ3v) is 10.4. The van der Waals surface area contributed by atoms with E-state index in [9.17, 15) is 18.6 Å². The van der Waals surface area contributed by atoms with E-state index in [-0.39, 0.29) is 43.0 Å². The zero-order valence-corrected chi connectivity index (χ0v) is 22.1. The van der Waals surface area contributed by atoms with Gasteiger partial charge in [-0.1, -0.05) is 30.3 Å². The Morgan fingerprint density at radius 1 is 1.16 bits per heavy atom. The van der Waals surface area contributed by atoms with E-state index < -0.39 is 44.0 Å². The average Bonchev–Trinajstić information content (AvgIpc) is 3.35. The molecule has 204 valence electrons. The lowest BCUT2D eigenvalue weighted by Crippen LogP contribution is -2.59. The third kappa shape index (κ3) is 4.76. The van der Waals surface area contributed by atoms with Crippen molar-refractivity contribution in [2.75, 3.05) is 0 Å². The summed E-state index contributed by atoms with van der Waals surface area (Å²) in [6.45, 7) is 3.05. The summed E-state index contributed by atoms with van der Waals surface area (Å²) in [4.78, 5) is 4.01. The highest BCUT2D eigenvalue weighted by Crippen LogP contribution is 2.54. The van der Waals surface area contributed by atoms with Crippen LogP contribution in [0.2, 0.25) is 0 Å². The van der Waals surface area contributed by atoms with Gasteiger partial charge in [-0.25, -0.2) is 22.2 Å². The molecular weight excluding hydrogens is 514 g/mol. The van der Waals surface area contributed by atoms with Crippen molar-refractivity contribution in [2.24, 2.45) is 0 Å². The maximum absolute atomic E-state index is 15.7. The predicted octanol–water partition coefficient (Wildman–Crippen LogP) is 3.52. The fraction of sp³-hybridized carbons (Fsp3) is 0.481. The molecule has 2 heterocycles. The van der Waals surface area contributed by atoms with Crippen LogP contribution in [0.15, 0.2) is 48.8 Å². The summed E-state index contributed by atoms with van der Waals surface area (Å²) in [5.74, 6) is -1.13. The molecule has 3 atom stereocenters. The van der Waals surface area contributed by atoms with E-state index in [1.54, 1.807) is 38.1 Å². The quantitative estimate of drug-likeness (QED) is 0.417. The number of benzene rings is 2. The smallest absolute Gasteiger partial charge is 0.221 e. The minimum atomic E-state index is -3.83. The first kappa shape index (κ1) is 26.9. The normalized spacial score (nSPS) is 30.1. The van der Waals surface area contributed by atoms with Gasteiger partial charge in [0.25, 0.3) is 0 Å². The molecule has 1 aromatic heterocycles. The standard InChI is InChI=1S/C27H32F2N4O4S/c1-17-8-9-23(18-6-4-3-5-7-18)38(36,37)33(17)13-19-10-22(29)20(11-21(19)28)27(14-26(2,35)15-27)24(34)12-25-30-16-31-32-25/h3-7,10-11,16-17,23-24,34-35H,8-9,12-15H2,1-2H3,(H,30,31,32)/t17-,23+,24+,26?,27?/m0/s1. The van der Waals surface area contributed by atoms with Crippen LogP contribution in [0.1, 0.15) is 67.3 Å². The molecule has 0 radical (unpaired) electrons. The second-order valence-corrected chi connectivity index (χ2v) is 13.1. The Morgan fingerprint density at radius 2 is 1.87 bits per heavy atom. The van der Waals surface area contributed by atoms with Gasteiger partial charge in [-0.3, -0.25) is 5.10 Å². The number of hydrogen-bond acceptors (Lipinski definition) is 6. The van der Waals surface area contributed by atoms with Gasteiger partial charge in [0.1, 0.15) is 29.0 Å². The highest BCUT2D eigenvalue weighted by atomic mass is 32.2. The Hall–Kier alpha value is -2.73. The van der Waals surface area contributed by atoms with E-state index in [0.717, 1.165) is 12.1 Å². The van der Waals surface area contributed by atoms with E-state index in [1.807, 2.05) is 6.07 Å². The zero-order chi connectivity index (χ0) is 27.3. The van der Waals surface area contributed by atoms with Crippen molar-refractivity contribution in [2.45, 2.75) is 80.9 Å². The van der Waals surface area contributed by atoms with Gasteiger partial charge in [0.05, 0.1) is 11.7 Å². The van der Waals surface area contributed by atoms with Crippen LogP contribution in [0.25, 0.3) is 0 Å². The number of nitrogens with zero attached hydrogens (tertiary/aromatic N) is 3. The van der Waals surface area contributed by atoms with E-state index >= 15 is 8.78 Å². The average molecular weight is 547 g/mol. The third-order valence-electron chi connectivity index (χ3n) is 8.08. The summed E-state index contributed by atoms with van der Waals surface area (Å²) < 4.78 is 59.6. The van der Waals surface area contributed by atoms with Crippen LogP contribution < -0.4 is 0 Å². The second kappa shape index (κ2) is 9.78. The minimum Gasteiger partial charge on any atom is -0.392 e. The second-order valence-electron chi connectivity index (χ2n) is 11.0. The number of aliphatic hydroxyl groups is 2. The molecule has 1 aliphatic heterocycles. The molecule has 1 aliphatic carbocycles. The molecule has 5 rings (SSSR count). The molecule has 0 spiro atoms. The number of halogens is 2. The van der Waals surface area contributed by atoms with Crippen LogP contribution >= 0.6 is 0 Å². The van der Waals surface area contributed by atoms with Gasteiger partial charge >= 0.3 is 0 Å². The molecule has 11 heteroatoms. The summed E-state index contributed by atoms with van der Waals surface area (Å²) in [6, 6.07) is 10.6. The van der Waals surface area contributed by atoms with Gasteiger partial charge in [-0.05, 0) is 62.8 Å². The van der Waals surface area contributed by atoms with Crippen LogP contribution in [0, 0.1) is 11.6 Å². The van der Waals surface area contributed by atoms with Gasteiger partial charge in [0, 0.05) is 30.0 Å². The monoisotopic (exact) mass is 546 g/mol. The number of H-pyrrole nitrogens is 1. The van der Waals surface area contributed by atoms with Crippen molar-refractivity contribution in [3.05, 3.63) is 82.9 Å². The van der Waals surface area contributed by atoms with E-state index in [0.29, 0.717) is 24.2 Å². The maximum Gasteiger partial charge on any atom is 0.221 e. The Kier molecular flexibility index (Phi) is 6.91. The lowest BCUT2D eigenvalue weighted by atomic mass is 9.53. The minimum absolute atomic E-state index is 0.0172. The molecule has 2 aliphatic rings. The molecule has 3 N–H and O–H groups in total. The van der Waals surface area contributed by atoms with Gasteiger partial charge < -0.3 is 10.2 Å². The predicted molar refractivity (Wildman–Crippen MR) is 136 cm³/mol. The van der Waals surface area contributed by atoms with Crippen molar-refractivity contribution in [3.63, 3.8) is 0 Å². The molecular formula is C27H32F2N4O4S. The molecule has 8 nitrogen and oxygen atoms in total. The van der Waals surface area contributed by atoms with Crippen molar-refractivity contribution in [3.8, 4) is 0 Å². The Labute approximate surface area is 220 Å².